The molecule has 0 unspecified atom stereocenters. The second-order valence-corrected chi connectivity index (χ2v) is 7.32. The molecule has 3 aromatic heterocycles. The fourth-order valence-electron chi connectivity index (χ4n) is 3.48. The zero-order chi connectivity index (χ0) is 20.0. The molecule has 0 aromatic carbocycles. The first kappa shape index (κ1) is 18.3. The molecule has 0 spiro atoms. The molecule has 0 bridgehead atoms. The summed E-state index contributed by atoms with van der Waals surface area (Å²) in [5, 5.41) is 5.20. The van der Waals surface area contributed by atoms with Gasteiger partial charge in [-0.3, -0.25) is 14.5 Å². The van der Waals surface area contributed by atoms with Crippen LogP contribution in [0.5, 0.6) is 0 Å². The maximum absolute atomic E-state index is 14.0. The monoisotopic (exact) mass is 386 g/mol. The van der Waals surface area contributed by atoms with E-state index in [0.717, 1.165) is 16.9 Å². The van der Waals surface area contributed by atoms with E-state index in [4.69, 9.17) is 0 Å². The molecule has 10 heteroatoms. The fourth-order valence-corrected chi connectivity index (χ4v) is 3.48. The van der Waals surface area contributed by atoms with E-state index in [9.17, 15) is 9.18 Å². The Morgan fingerprint density at radius 2 is 1.79 bits per heavy atom. The van der Waals surface area contributed by atoms with Gasteiger partial charge in [0.25, 0.3) is 5.56 Å². The Labute approximate surface area is 161 Å². The normalized spacial score (nSPS) is 15.1. The third-order valence-electron chi connectivity index (χ3n) is 4.99. The first-order valence-electron chi connectivity index (χ1n) is 9.31. The predicted molar refractivity (Wildman–Crippen MR) is 104 cm³/mol. The van der Waals surface area contributed by atoms with E-state index >= 15 is 0 Å². The SMILES string of the molecule is Cc1nc(N2CCN(c3nc(C(C)C)c(F)c(=O)[nH]3)CC2)c2cnn(C)c2n1. The third-order valence-corrected chi connectivity index (χ3v) is 4.99. The molecule has 1 N–H and O–H groups in total. The summed E-state index contributed by atoms with van der Waals surface area (Å²) in [6, 6.07) is 0. The zero-order valence-corrected chi connectivity index (χ0v) is 16.4. The molecule has 0 aliphatic carbocycles. The zero-order valence-electron chi connectivity index (χ0n) is 16.4. The lowest BCUT2D eigenvalue weighted by Crippen LogP contribution is -2.48. The molecule has 1 fully saturated rings. The number of fused-ring (bicyclic) bond motifs is 1. The summed E-state index contributed by atoms with van der Waals surface area (Å²) in [5.74, 6) is 1.01. The van der Waals surface area contributed by atoms with Gasteiger partial charge in [-0.2, -0.15) is 9.49 Å². The van der Waals surface area contributed by atoms with Gasteiger partial charge >= 0.3 is 0 Å². The van der Waals surface area contributed by atoms with Crippen LogP contribution in [0.25, 0.3) is 11.0 Å². The molecule has 4 rings (SSSR count). The fraction of sp³-hybridized carbons (Fsp3) is 0.500. The number of aromatic nitrogens is 6. The predicted octanol–water partition coefficient (Wildman–Crippen LogP) is 1.34. The Morgan fingerprint density at radius 1 is 1.11 bits per heavy atom. The Hall–Kier alpha value is -3.04. The molecule has 3 aromatic rings. The van der Waals surface area contributed by atoms with Crippen molar-refractivity contribution < 1.29 is 4.39 Å². The maximum atomic E-state index is 14.0. The van der Waals surface area contributed by atoms with Crippen molar-refractivity contribution in [1.82, 2.24) is 29.7 Å². The molecule has 0 atom stereocenters. The van der Waals surface area contributed by atoms with Gasteiger partial charge in [-0.15, -0.1) is 0 Å². The van der Waals surface area contributed by atoms with Crippen molar-refractivity contribution in [3.8, 4) is 0 Å². The van der Waals surface area contributed by atoms with Gasteiger partial charge in [-0.25, -0.2) is 15.0 Å². The highest BCUT2D eigenvalue weighted by Crippen LogP contribution is 2.25. The Balaban J connectivity index is 1.59. The van der Waals surface area contributed by atoms with Gasteiger partial charge in [0, 0.05) is 33.2 Å². The summed E-state index contributed by atoms with van der Waals surface area (Å²) in [5.41, 5.74) is 0.278. The van der Waals surface area contributed by atoms with Crippen molar-refractivity contribution in [3.05, 3.63) is 33.9 Å². The second kappa shape index (κ2) is 6.84. The van der Waals surface area contributed by atoms with Gasteiger partial charge in [0.2, 0.25) is 11.8 Å². The molecule has 0 radical (unpaired) electrons. The average Bonchev–Trinajstić information content (AvgIpc) is 3.04. The Kier molecular flexibility index (Phi) is 4.48. The molecule has 1 aliphatic heterocycles. The van der Waals surface area contributed by atoms with Crippen molar-refractivity contribution in [2.75, 3.05) is 36.0 Å². The summed E-state index contributed by atoms with van der Waals surface area (Å²) in [7, 11) is 1.86. The van der Waals surface area contributed by atoms with Crippen molar-refractivity contribution >= 4 is 22.8 Å². The molecule has 9 nitrogen and oxygen atoms in total. The summed E-state index contributed by atoms with van der Waals surface area (Å²) < 4.78 is 15.8. The first-order valence-corrected chi connectivity index (χ1v) is 9.31. The van der Waals surface area contributed by atoms with E-state index in [-0.39, 0.29) is 11.6 Å². The number of nitrogens with one attached hydrogen (secondary N) is 1. The average molecular weight is 386 g/mol. The van der Waals surface area contributed by atoms with Crippen molar-refractivity contribution in [1.29, 1.82) is 0 Å². The third kappa shape index (κ3) is 3.08. The van der Waals surface area contributed by atoms with Gasteiger partial charge in [-0.1, -0.05) is 13.8 Å². The van der Waals surface area contributed by atoms with Crippen LogP contribution < -0.4 is 15.4 Å². The highest BCUT2D eigenvalue weighted by atomic mass is 19.1. The molecule has 0 amide bonds. The molecule has 148 valence electrons. The first-order chi connectivity index (χ1) is 13.3. The minimum Gasteiger partial charge on any atom is -0.352 e. The van der Waals surface area contributed by atoms with Crippen molar-refractivity contribution in [3.63, 3.8) is 0 Å². The van der Waals surface area contributed by atoms with Crippen LogP contribution in [0.2, 0.25) is 0 Å². The molecule has 1 aliphatic rings. The minimum absolute atomic E-state index is 0.162. The number of aryl methyl sites for hydroxylation is 2. The number of hydrogen-bond acceptors (Lipinski definition) is 7. The quantitative estimate of drug-likeness (QED) is 0.726. The lowest BCUT2D eigenvalue weighted by Gasteiger charge is -2.36. The number of nitrogens with zero attached hydrogens (tertiary/aromatic N) is 7. The number of hydrogen-bond donors (Lipinski definition) is 1. The molecule has 28 heavy (non-hydrogen) atoms. The van der Waals surface area contributed by atoms with Crippen LogP contribution in [0.4, 0.5) is 16.2 Å². The van der Waals surface area contributed by atoms with Crippen LogP contribution in [0.3, 0.4) is 0 Å². The Morgan fingerprint density at radius 3 is 2.46 bits per heavy atom. The van der Waals surface area contributed by atoms with Crippen LogP contribution in [0.1, 0.15) is 31.3 Å². The molecule has 0 saturated carbocycles. The van der Waals surface area contributed by atoms with Gasteiger partial charge in [0.15, 0.2) is 5.65 Å². The van der Waals surface area contributed by atoms with Crippen molar-refractivity contribution in [2.45, 2.75) is 26.7 Å². The number of halogens is 1. The van der Waals surface area contributed by atoms with Crippen LogP contribution in [0.15, 0.2) is 11.0 Å². The van der Waals surface area contributed by atoms with E-state index in [1.165, 1.54) is 0 Å². The van der Waals surface area contributed by atoms with Crippen LogP contribution in [0, 0.1) is 12.7 Å². The standard InChI is InChI=1S/C18H23FN8O/c1-10(2)14-13(19)17(28)24-18(23-14)27-7-5-26(6-8-27)16-12-9-20-25(4)15(12)21-11(3)22-16/h9-10H,5-8H2,1-4H3,(H,23,24,28). The summed E-state index contributed by atoms with van der Waals surface area (Å²) >= 11 is 0. The largest absolute Gasteiger partial charge is 0.352 e. The number of H-pyrrole nitrogens is 1. The molecule has 1 saturated heterocycles. The second-order valence-electron chi connectivity index (χ2n) is 7.32. The highest BCUT2D eigenvalue weighted by Gasteiger charge is 2.24. The lowest BCUT2D eigenvalue weighted by molar-refractivity contribution is 0.557. The number of rotatable bonds is 3. The maximum Gasteiger partial charge on any atom is 0.288 e. The van der Waals surface area contributed by atoms with E-state index in [0.29, 0.717) is 38.0 Å². The Bertz CT molecular complexity index is 1080. The molecule has 4 heterocycles. The minimum atomic E-state index is -0.798. The van der Waals surface area contributed by atoms with Crippen LogP contribution in [-0.4, -0.2) is 55.9 Å². The smallest absolute Gasteiger partial charge is 0.288 e. The molecular formula is C18H23FN8O. The van der Waals surface area contributed by atoms with Crippen LogP contribution in [-0.2, 0) is 7.05 Å². The van der Waals surface area contributed by atoms with Crippen LogP contribution >= 0.6 is 0 Å². The van der Waals surface area contributed by atoms with Gasteiger partial charge in [-0.05, 0) is 12.8 Å². The van der Waals surface area contributed by atoms with E-state index in [2.05, 4.69) is 29.9 Å². The van der Waals surface area contributed by atoms with E-state index in [1.54, 1.807) is 10.9 Å². The summed E-state index contributed by atoms with van der Waals surface area (Å²) in [6.45, 7) is 8.17. The van der Waals surface area contributed by atoms with E-state index < -0.39 is 11.4 Å². The highest BCUT2D eigenvalue weighted by molar-refractivity contribution is 5.87. The van der Waals surface area contributed by atoms with E-state index in [1.807, 2.05) is 32.7 Å². The number of piperazine rings is 1. The summed E-state index contributed by atoms with van der Waals surface area (Å²) in [6.07, 6.45) is 1.78. The van der Waals surface area contributed by atoms with Gasteiger partial charge in [0.05, 0.1) is 17.3 Å². The molecular weight excluding hydrogens is 363 g/mol. The number of anilines is 2. The lowest BCUT2D eigenvalue weighted by atomic mass is 10.1. The number of aromatic amines is 1. The van der Waals surface area contributed by atoms with Crippen molar-refractivity contribution in [2.24, 2.45) is 7.05 Å². The van der Waals surface area contributed by atoms with Gasteiger partial charge in [0.1, 0.15) is 11.6 Å². The van der Waals surface area contributed by atoms with Gasteiger partial charge < -0.3 is 9.80 Å². The summed E-state index contributed by atoms with van der Waals surface area (Å²) in [4.78, 5) is 32.1. The topological polar surface area (TPSA) is 95.8 Å².